The average Bonchev–Trinajstić information content (AvgIpc) is 1.65. The maximum Gasteiger partial charge on any atom is 1.00 e. The summed E-state index contributed by atoms with van der Waals surface area (Å²) in [6.45, 7) is 8.24. The maximum atomic E-state index is 12.8. The molecule has 9 unspecified atom stereocenters. The van der Waals surface area contributed by atoms with Gasteiger partial charge >= 0.3 is 89.0 Å². The fraction of sp³-hybridized carbons (Fsp3) is 0.857. The zero-order valence-electron chi connectivity index (χ0n) is 64.2. The summed E-state index contributed by atoms with van der Waals surface area (Å²) in [5.74, 6) is -0.00954. The molecule has 20 nitrogen and oxygen atoms in total. The molecule has 3 aliphatic carbocycles. The van der Waals surface area contributed by atoms with Crippen LogP contribution in [0.2, 0.25) is 0 Å². The van der Waals surface area contributed by atoms with Crippen molar-refractivity contribution in [3.8, 4) is 5.75 Å². The maximum absolute atomic E-state index is 12.8. The van der Waals surface area contributed by atoms with Crippen LogP contribution in [0.15, 0.2) is 18.2 Å². The number of phenolic OH excluding ortho intramolecular Hbond substituents is 1. The first kappa shape index (κ1) is 97.6. The van der Waals surface area contributed by atoms with Gasteiger partial charge in [0.25, 0.3) is 15.6 Å². The molecule has 2 saturated carbocycles. The second-order valence-electron chi connectivity index (χ2n) is 28.7. The molecule has 0 aliphatic heterocycles. The fourth-order valence-electron chi connectivity index (χ4n) is 14.3. The molecule has 101 heavy (non-hydrogen) atoms. The van der Waals surface area contributed by atoms with E-state index in [0.29, 0.717) is 49.2 Å². The van der Waals surface area contributed by atoms with Crippen molar-refractivity contribution in [1.29, 1.82) is 0 Å². The second kappa shape index (κ2) is 59.5. The molecule has 3 aliphatic rings. The van der Waals surface area contributed by atoms with Gasteiger partial charge in [-0.25, -0.2) is 0 Å². The minimum atomic E-state index is -5.20. The summed E-state index contributed by atoms with van der Waals surface area (Å²) in [7, 11) is -10.4. The van der Waals surface area contributed by atoms with E-state index in [1.54, 1.807) is 0 Å². The first-order valence-corrected chi connectivity index (χ1v) is 42.1. The van der Waals surface area contributed by atoms with E-state index in [-0.39, 0.29) is 102 Å². The first-order chi connectivity index (χ1) is 47.6. The number of aliphatic hydroxyl groups excluding tert-OH is 1. The van der Waals surface area contributed by atoms with E-state index in [9.17, 15) is 53.1 Å². The van der Waals surface area contributed by atoms with Gasteiger partial charge < -0.3 is 61.8 Å². The molecule has 0 heterocycles. The number of benzene rings is 1. The molecule has 4 rings (SSSR count). The van der Waals surface area contributed by atoms with Gasteiger partial charge in [0.1, 0.15) is 31.2 Å². The molecule has 0 amide bonds. The molecule has 2 fully saturated rings. The first-order valence-electron chi connectivity index (χ1n) is 39.2. The Morgan fingerprint density at radius 1 is 0.485 bits per heavy atom. The minimum Gasteiger partial charge on any atom is -0.756 e. The molecule has 9 atom stereocenters. The molecule has 2 N–H and O–H groups in total. The van der Waals surface area contributed by atoms with Crippen molar-refractivity contribution in [2.24, 2.45) is 17.3 Å². The summed E-state index contributed by atoms with van der Waals surface area (Å²) in [5, 5.41) is 20.2. The largest absolute Gasteiger partial charge is 1.00 e. The number of hydrogen-bond acceptors (Lipinski definition) is 20. The molecule has 0 saturated heterocycles. The minimum absolute atomic E-state index is 0. The van der Waals surface area contributed by atoms with E-state index in [4.69, 9.17) is 41.8 Å². The van der Waals surface area contributed by atoms with Gasteiger partial charge in [-0.2, -0.15) is 0 Å². The topological polar surface area (TPSA) is 289 Å². The molecule has 1 aromatic carbocycles. The van der Waals surface area contributed by atoms with Crippen molar-refractivity contribution >= 4 is 45.5 Å². The van der Waals surface area contributed by atoms with E-state index in [2.05, 4.69) is 40.7 Å². The summed E-state index contributed by atoms with van der Waals surface area (Å²) >= 11 is 0. The van der Waals surface area contributed by atoms with E-state index in [1.165, 1.54) is 140 Å². The monoisotopic (exact) mass is 1490 g/mol. The summed E-state index contributed by atoms with van der Waals surface area (Å²) < 4.78 is 72.3. The van der Waals surface area contributed by atoms with Crippen LogP contribution in [0, 0.1) is 17.3 Å². The summed E-state index contributed by atoms with van der Waals surface area (Å²) in [6, 6.07) is 5.93. The number of aryl methyl sites for hydroxylation is 1. The number of phenols is 1. The Kier molecular flexibility index (Phi) is 57.5. The molecule has 0 spiro atoms. The van der Waals surface area contributed by atoms with Crippen molar-refractivity contribution in [1.82, 2.24) is 0 Å². The zero-order chi connectivity index (χ0) is 72.4. The number of fused-ring (bicyclic) bond motifs is 5. The van der Waals surface area contributed by atoms with E-state index < -0.39 is 97.5 Å². The number of carbonyl (C=O) groups excluding carboxylic acids is 5. The molecule has 24 heteroatoms. The van der Waals surface area contributed by atoms with Crippen LogP contribution in [0.4, 0.5) is 0 Å². The number of aromatic hydroxyl groups is 1. The Balaban J connectivity index is 0.00000168. The van der Waals surface area contributed by atoms with Crippen molar-refractivity contribution in [3.05, 3.63) is 29.3 Å². The van der Waals surface area contributed by atoms with Crippen molar-refractivity contribution in [2.45, 2.75) is 367 Å². The molecular weight excluding hydrogens is 1350 g/mol. The average molecular weight is 1490 g/mol. The Labute approximate surface area is 653 Å². The molecule has 574 valence electrons. The number of aliphatic hydroxyl groups is 1. The Bertz CT molecular complexity index is 2330. The van der Waals surface area contributed by atoms with Crippen LogP contribution in [-0.4, -0.2) is 104 Å². The number of phosphoric acid groups is 2. The summed E-state index contributed by atoms with van der Waals surface area (Å²) in [5.41, 5.74) is 2.95. The van der Waals surface area contributed by atoms with Crippen LogP contribution >= 0.6 is 15.6 Å². The van der Waals surface area contributed by atoms with Gasteiger partial charge in [-0.1, -0.05) is 246 Å². The Morgan fingerprint density at radius 3 is 1.20 bits per heavy atom. The predicted molar refractivity (Wildman–Crippen MR) is 382 cm³/mol. The fourth-order valence-corrected chi connectivity index (χ4v) is 15.9. The summed E-state index contributed by atoms with van der Waals surface area (Å²) in [6.07, 6.45) is 41.1. The van der Waals surface area contributed by atoms with Crippen molar-refractivity contribution in [3.63, 3.8) is 0 Å². The van der Waals surface area contributed by atoms with E-state index in [1.807, 2.05) is 12.1 Å². The van der Waals surface area contributed by atoms with Gasteiger partial charge in [0.05, 0.1) is 26.4 Å². The number of phosphoric ester groups is 2. The van der Waals surface area contributed by atoms with Crippen LogP contribution in [0.3, 0.4) is 0 Å². The van der Waals surface area contributed by atoms with E-state index in [0.717, 1.165) is 122 Å². The van der Waals surface area contributed by atoms with Gasteiger partial charge in [-0.3, -0.25) is 33.1 Å². The smallest absolute Gasteiger partial charge is 0.756 e. The second-order valence-corrected chi connectivity index (χ2v) is 31.5. The third-order valence-electron chi connectivity index (χ3n) is 20.0. The van der Waals surface area contributed by atoms with Crippen LogP contribution in [-0.2, 0) is 81.3 Å². The third kappa shape index (κ3) is 45.9. The van der Waals surface area contributed by atoms with Gasteiger partial charge in [0.15, 0.2) is 12.2 Å². The van der Waals surface area contributed by atoms with Gasteiger partial charge in [-0.15, -0.1) is 0 Å². The van der Waals surface area contributed by atoms with Gasteiger partial charge in [0.2, 0.25) is 0 Å². The number of rotatable bonds is 59. The van der Waals surface area contributed by atoms with Gasteiger partial charge in [0, 0.05) is 38.0 Å². The van der Waals surface area contributed by atoms with Crippen LogP contribution in [0.5, 0.6) is 5.75 Å². The van der Waals surface area contributed by atoms with E-state index >= 15 is 0 Å². The quantitative estimate of drug-likeness (QED) is 0.0201. The number of esters is 5. The van der Waals surface area contributed by atoms with Crippen LogP contribution < -0.4 is 68.9 Å². The Hall–Kier alpha value is -1.45. The van der Waals surface area contributed by atoms with Crippen LogP contribution in [0.1, 0.15) is 348 Å². The van der Waals surface area contributed by atoms with Crippen LogP contribution in [0.25, 0.3) is 0 Å². The number of ether oxygens (including phenoxy) is 5. The number of hydrogen-bond donors (Lipinski definition) is 2. The van der Waals surface area contributed by atoms with Crippen molar-refractivity contribution < 1.29 is 154 Å². The van der Waals surface area contributed by atoms with Gasteiger partial charge in [-0.05, 0) is 105 Å². The summed E-state index contributed by atoms with van der Waals surface area (Å²) in [4.78, 5) is 87.7. The molecule has 1 aromatic rings. The third-order valence-corrected chi connectivity index (χ3v) is 21.9. The molecular formula is C77H134Na2O20P2. The molecule has 0 aromatic heterocycles. The Morgan fingerprint density at radius 2 is 0.832 bits per heavy atom. The predicted octanol–water partition coefficient (Wildman–Crippen LogP) is 12.1. The number of unbranched alkanes of at least 4 members (excludes halogenated alkanes) is 32. The van der Waals surface area contributed by atoms with Crippen molar-refractivity contribution in [2.75, 3.05) is 39.6 Å². The number of carbonyl (C=O) groups is 5. The standard InChI is InChI=1S/C57H110O17P2.C20H26O3.2Na/c1-5-9-13-17-21-25-29-33-37-41-54(59)67-47-52(73-56(61)43-39-35-31-27-23-19-15-11-7-3)49-71-75(63,64)69-45-51(58)46-70-76(65,66)72-50-53(74-57(62)44-40-36-32-28-24-20-16-12-8-4)48-68-55(60)42-38-34-30-26-22-18-14-10-6-2;1-12(21)23-19-8-7-18-17-5-3-13-11-14(22)4-6-15(13)16(17)9-10-20(18,19)2;;/h51-53,58H,5-50H2,1-4H3,(H,63,64)(H,65,66);4,6,11,16-19,22H,3,5,7-10H2,1-2H3;;/q;;2*+1/p-2. The molecule has 0 bridgehead atoms. The molecule has 0 radical (unpaired) electrons. The zero-order valence-corrected chi connectivity index (χ0v) is 70.0. The normalized spacial score (nSPS) is 19.5. The SMILES string of the molecule is CC(=O)OC1CCC2C3CCc4cc(O)ccc4C3CCC12C.CCCCCCCCCCCC(=O)OCC(COP(=O)([O-])OCC(O)COP(=O)([O-])OCC(COC(=O)CCCCCCCCCCC)OC(=O)CCCCCCCCCCC)OC(=O)CCCCCCCCCCC.[Na+].[Na+].